The van der Waals surface area contributed by atoms with E-state index >= 15 is 0 Å². The van der Waals surface area contributed by atoms with Crippen molar-refractivity contribution in [3.8, 4) is 0 Å². The highest BCUT2D eigenvalue weighted by Gasteiger charge is 2.23. The molecule has 0 spiro atoms. The first kappa shape index (κ1) is 14.5. The van der Waals surface area contributed by atoms with E-state index in [-0.39, 0.29) is 11.9 Å². The average Bonchev–Trinajstić information content (AvgIpc) is 2.91. The summed E-state index contributed by atoms with van der Waals surface area (Å²) in [5.41, 5.74) is 1.33. The standard InChI is InChI=1S/C14H22N2O2S/c1-11(9-13-3-8-19-10-13)15-12(2)14(17)16-4-6-18-7-5-16/h3,8,10-12,15H,4-7,9H2,1-2H3. The number of hydrogen-bond acceptors (Lipinski definition) is 4. The second kappa shape index (κ2) is 7.03. The van der Waals surface area contributed by atoms with E-state index in [1.807, 2.05) is 11.8 Å². The zero-order valence-corrected chi connectivity index (χ0v) is 12.4. The molecule has 19 heavy (non-hydrogen) atoms. The number of nitrogens with one attached hydrogen (secondary N) is 1. The maximum atomic E-state index is 12.2. The fourth-order valence-corrected chi connectivity index (χ4v) is 3.06. The Morgan fingerprint density at radius 2 is 2.21 bits per heavy atom. The van der Waals surface area contributed by atoms with Crippen LogP contribution in [0.25, 0.3) is 0 Å². The van der Waals surface area contributed by atoms with Gasteiger partial charge in [-0.2, -0.15) is 11.3 Å². The molecule has 1 amide bonds. The van der Waals surface area contributed by atoms with E-state index in [4.69, 9.17) is 4.74 Å². The van der Waals surface area contributed by atoms with Crippen molar-refractivity contribution >= 4 is 17.2 Å². The van der Waals surface area contributed by atoms with Crippen molar-refractivity contribution in [1.82, 2.24) is 10.2 Å². The van der Waals surface area contributed by atoms with E-state index in [1.54, 1.807) is 11.3 Å². The monoisotopic (exact) mass is 282 g/mol. The lowest BCUT2D eigenvalue weighted by molar-refractivity contribution is -0.137. The first-order chi connectivity index (χ1) is 9.16. The predicted molar refractivity (Wildman–Crippen MR) is 77.5 cm³/mol. The second-order valence-corrected chi connectivity index (χ2v) is 5.84. The van der Waals surface area contributed by atoms with Gasteiger partial charge in [-0.1, -0.05) is 0 Å². The van der Waals surface area contributed by atoms with Gasteiger partial charge in [0.15, 0.2) is 0 Å². The number of rotatable bonds is 5. The van der Waals surface area contributed by atoms with Crippen LogP contribution in [0.15, 0.2) is 16.8 Å². The minimum atomic E-state index is -0.133. The molecule has 2 heterocycles. The van der Waals surface area contributed by atoms with Crippen molar-refractivity contribution < 1.29 is 9.53 Å². The van der Waals surface area contributed by atoms with Crippen molar-refractivity contribution in [3.05, 3.63) is 22.4 Å². The molecule has 1 aliphatic heterocycles. The topological polar surface area (TPSA) is 41.6 Å². The van der Waals surface area contributed by atoms with E-state index in [2.05, 4.69) is 29.1 Å². The normalized spacial score (nSPS) is 19.2. The molecule has 106 valence electrons. The first-order valence-electron chi connectivity index (χ1n) is 6.80. The summed E-state index contributed by atoms with van der Waals surface area (Å²) < 4.78 is 5.27. The van der Waals surface area contributed by atoms with Crippen LogP contribution in [-0.4, -0.2) is 49.2 Å². The van der Waals surface area contributed by atoms with Gasteiger partial charge in [0.1, 0.15) is 0 Å². The van der Waals surface area contributed by atoms with Gasteiger partial charge in [-0.3, -0.25) is 4.79 Å². The average molecular weight is 282 g/mol. The lowest BCUT2D eigenvalue weighted by Gasteiger charge is -2.30. The van der Waals surface area contributed by atoms with E-state index < -0.39 is 0 Å². The zero-order chi connectivity index (χ0) is 13.7. The number of morpholine rings is 1. The third-order valence-corrected chi connectivity index (χ3v) is 4.08. The van der Waals surface area contributed by atoms with Crippen LogP contribution in [0.4, 0.5) is 0 Å². The molecule has 1 aliphatic rings. The molecule has 4 nitrogen and oxygen atoms in total. The van der Waals surface area contributed by atoms with Crippen molar-refractivity contribution in [3.63, 3.8) is 0 Å². The summed E-state index contributed by atoms with van der Waals surface area (Å²) >= 11 is 1.71. The van der Waals surface area contributed by atoms with Gasteiger partial charge in [0, 0.05) is 19.1 Å². The number of amides is 1. The number of carbonyl (C=O) groups excluding carboxylic acids is 1. The van der Waals surface area contributed by atoms with E-state index in [9.17, 15) is 4.79 Å². The van der Waals surface area contributed by atoms with Crippen molar-refractivity contribution in [2.75, 3.05) is 26.3 Å². The molecule has 2 rings (SSSR count). The smallest absolute Gasteiger partial charge is 0.239 e. The number of nitrogens with zero attached hydrogens (tertiary/aromatic N) is 1. The lowest BCUT2D eigenvalue weighted by Crippen LogP contribution is -2.51. The Balaban J connectivity index is 1.78. The number of carbonyl (C=O) groups is 1. The summed E-state index contributed by atoms with van der Waals surface area (Å²) in [5.74, 6) is 0.181. The van der Waals surface area contributed by atoms with Crippen molar-refractivity contribution in [1.29, 1.82) is 0 Å². The van der Waals surface area contributed by atoms with Gasteiger partial charge >= 0.3 is 0 Å². The first-order valence-corrected chi connectivity index (χ1v) is 7.74. The number of hydrogen-bond donors (Lipinski definition) is 1. The molecular weight excluding hydrogens is 260 g/mol. The largest absolute Gasteiger partial charge is 0.378 e. The Labute approximate surface area is 118 Å². The highest BCUT2D eigenvalue weighted by Crippen LogP contribution is 2.09. The van der Waals surface area contributed by atoms with Gasteiger partial charge in [-0.25, -0.2) is 0 Å². The van der Waals surface area contributed by atoms with Gasteiger partial charge in [0.05, 0.1) is 19.3 Å². The molecule has 0 aromatic carbocycles. The summed E-state index contributed by atoms with van der Waals surface area (Å²) in [5, 5.41) is 7.63. The van der Waals surface area contributed by atoms with Crippen LogP contribution in [0, 0.1) is 0 Å². The molecule has 0 bridgehead atoms. The summed E-state index contributed by atoms with van der Waals surface area (Å²) in [6.45, 7) is 6.81. The summed E-state index contributed by atoms with van der Waals surface area (Å²) in [6, 6.07) is 2.30. The molecule has 1 aromatic heterocycles. The van der Waals surface area contributed by atoms with Crippen LogP contribution >= 0.6 is 11.3 Å². The molecule has 2 atom stereocenters. The molecule has 1 aromatic rings. The number of thiophene rings is 1. The predicted octanol–water partition coefficient (Wildman–Crippen LogP) is 1.52. The fourth-order valence-electron chi connectivity index (χ4n) is 2.38. The van der Waals surface area contributed by atoms with Crippen LogP contribution in [-0.2, 0) is 16.0 Å². The summed E-state index contributed by atoms with van der Waals surface area (Å²) in [6.07, 6.45) is 0.963. The zero-order valence-electron chi connectivity index (χ0n) is 11.6. The molecule has 1 saturated heterocycles. The highest BCUT2D eigenvalue weighted by molar-refractivity contribution is 7.07. The van der Waals surface area contributed by atoms with Crippen LogP contribution in [0.1, 0.15) is 19.4 Å². The van der Waals surface area contributed by atoms with Crippen LogP contribution in [0.2, 0.25) is 0 Å². The van der Waals surface area contributed by atoms with Gasteiger partial charge in [0.25, 0.3) is 0 Å². The Bertz CT molecular complexity index is 388. The molecule has 1 fully saturated rings. The Hall–Kier alpha value is -0.910. The van der Waals surface area contributed by atoms with Crippen molar-refractivity contribution in [2.24, 2.45) is 0 Å². The molecule has 5 heteroatoms. The molecule has 0 aliphatic carbocycles. The van der Waals surface area contributed by atoms with E-state index in [0.29, 0.717) is 32.3 Å². The molecule has 0 radical (unpaired) electrons. The third-order valence-electron chi connectivity index (χ3n) is 3.35. The molecular formula is C14H22N2O2S. The van der Waals surface area contributed by atoms with Crippen LogP contribution in [0.3, 0.4) is 0 Å². The molecule has 1 N–H and O–H groups in total. The quantitative estimate of drug-likeness (QED) is 0.890. The Morgan fingerprint density at radius 3 is 2.84 bits per heavy atom. The second-order valence-electron chi connectivity index (χ2n) is 5.06. The van der Waals surface area contributed by atoms with Gasteiger partial charge in [-0.15, -0.1) is 0 Å². The maximum Gasteiger partial charge on any atom is 0.239 e. The van der Waals surface area contributed by atoms with Crippen LogP contribution in [0.5, 0.6) is 0 Å². The molecule has 2 unspecified atom stereocenters. The molecule has 0 saturated carbocycles. The van der Waals surface area contributed by atoms with Crippen LogP contribution < -0.4 is 5.32 Å². The Kier molecular flexibility index (Phi) is 5.36. The summed E-state index contributed by atoms with van der Waals surface area (Å²) in [7, 11) is 0. The van der Waals surface area contributed by atoms with E-state index in [0.717, 1.165) is 6.42 Å². The maximum absolute atomic E-state index is 12.2. The van der Waals surface area contributed by atoms with Gasteiger partial charge in [-0.05, 0) is 42.7 Å². The number of ether oxygens (including phenoxy) is 1. The van der Waals surface area contributed by atoms with Gasteiger partial charge < -0.3 is 15.0 Å². The van der Waals surface area contributed by atoms with E-state index in [1.165, 1.54) is 5.56 Å². The summed E-state index contributed by atoms with van der Waals surface area (Å²) in [4.78, 5) is 14.1. The third kappa shape index (κ3) is 4.30. The SMILES string of the molecule is CC(Cc1ccsc1)NC(C)C(=O)N1CCOCC1. The lowest BCUT2D eigenvalue weighted by atomic mass is 10.1. The van der Waals surface area contributed by atoms with Crippen molar-refractivity contribution in [2.45, 2.75) is 32.4 Å². The minimum absolute atomic E-state index is 0.133. The minimum Gasteiger partial charge on any atom is -0.378 e. The highest BCUT2D eigenvalue weighted by atomic mass is 32.1. The Morgan fingerprint density at radius 1 is 1.47 bits per heavy atom. The van der Waals surface area contributed by atoms with Gasteiger partial charge in [0.2, 0.25) is 5.91 Å². The fraction of sp³-hybridized carbons (Fsp3) is 0.643.